The summed E-state index contributed by atoms with van der Waals surface area (Å²) in [5, 5.41) is 3.60. The van der Waals surface area contributed by atoms with Crippen molar-refractivity contribution in [3.8, 4) is 0 Å². The van der Waals surface area contributed by atoms with Crippen molar-refractivity contribution >= 4 is 0 Å². The molecule has 1 aliphatic rings. The average Bonchev–Trinajstić information content (AvgIpc) is 2.29. The maximum Gasteiger partial charge on any atom is 0.0645 e. The van der Waals surface area contributed by atoms with Crippen LogP contribution in [0.3, 0.4) is 0 Å². The summed E-state index contributed by atoms with van der Waals surface area (Å²) in [5.41, 5.74) is 0.519. The molecule has 0 amide bonds. The number of nitrogens with zero attached hydrogens (tertiary/aromatic N) is 1. The molecule has 0 aromatic carbocycles. The van der Waals surface area contributed by atoms with Crippen molar-refractivity contribution in [2.75, 3.05) is 32.8 Å². The summed E-state index contributed by atoms with van der Waals surface area (Å²) < 4.78 is 5.60. The fourth-order valence-corrected chi connectivity index (χ4v) is 2.39. The molecular formula is C15H32N2O. The Morgan fingerprint density at radius 3 is 2.56 bits per heavy atom. The summed E-state index contributed by atoms with van der Waals surface area (Å²) in [6, 6.07) is 0.563. The Labute approximate surface area is 113 Å². The van der Waals surface area contributed by atoms with Crippen molar-refractivity contribution in [1.29, 1.82) is 0 Å². The lowest BCUT2D eigenvalue weighted by molar-refractivity contribution is -0.0668. The van der Waals surface area contributed by atoms with E-state index >= 15 is 0 Å². The molecule has 1 heterocycles. The van der Waals surface area contributed by atoms with Gasteiger partial charge in [0.25, 0.3) is 0 Å². The molecule has 0 spiro atoms. The molecule has 3 nitrogen and oxygen atoms in total. The van der Waals surface area contributed by atoms with Gasteiger partial charge in [0.05, 0.1) is 13.2 Å². The molecule has 18 heavy (non-hydrogen) atoms. The smallest absolute Gasteiger partial charge is 0.0645 e. The van der Waals surface area contributed by atoms with Gasteiger partial charge in [-0.15, -0.1) is 0 Å². The van der Waals surface area contributed by atoms with Gasteiger partial charge in [0.1, 0.15) is 0 Å². The zero-order valence-corrected chi connectivity index (χ0v) is 13.2. The summed E-state index contributed by atoms with van der Waals surface area (Å²) in [4.78, 5) is 2.60. The predicted molar refractivity (Wildman–Crippen MR) is 78.0 cm³/mol. The molecule has 1 fully saturated rings. The second-order valence-electron chi connectivity index (χ2n) is 6.99. The maximum atomic E-state index is 5.60. The lowest BCUT2D eigenvalue weighted by atomic mass is 9.84. The van der Waals surface area contributed by atoms with Crippen LogP contribution in [0.15, 0.2) is 0 Å². The van der Waals surface area contributed by atoms with Gasteiger partial charge in [0.15, 0.2) is 0 Å². The van der Waals surface area contributed by atoms with Crippen molar-refractivity contribution in [1.82, 2.24) is 10.2 Å². The van der Waals surface area contributed by atoms with Crippen LogP contribution in [0, 0.1) is 5.41 Å². The molecule has 0 aromatic rings. The highest BCUT2D eigenvalue weighted by Gasteiger charge is 2.35. The van der Waals surface area contributed by atoms with Crippen molar-refractivity contribution in [2.24, 2.45) is 5.41 Å². The van der Waals surface area contributed by atoms with Crippen LogP contribution < -0.4 is 5.32 Å². The Hall–Kier alpha value is -0.120. The number of hydrogen-bond donors (Lipinski definition) is 1. The summed E-state index contributed by atoms with van der Waals surface area (Å²) in [6.07, 6.45) is 1.21. The molecule has 0 aromatic heterocycles. The van der Waals surface area contributed by atoms with Gasteiger partial charge < -0.3 is 10.1 Å². The minimum Gasteiger partial charge on any atom is -0.378 e. The maximum absolute atomic E-state index is 5.60. The second kappa shape index (κ2) is 6.36. The molecule has 1 saturated heterocycles. The van der Waals surface area contributed by atoms with Crippen molar-refractivity contribution < 1.29 is 4.74 Å². The topological polar surface area (TPSA) is 24.5 Å². The standard InChI is InChI=1S/C15H32N2O/c1-7-15(6,10-16-13(2)3)11-17-8-9-18-12-14(17,4)5/h13,16H,7-12H2,1-6H3. The third-order valence-electron chi connectivity index (χ3n) is 4.18. The summed E-state index contributed by atoms with van der Waals surface area (Å²) in [7, 11) is 0. The molecular weight excluding hydrogens is 224 g/mol. The largest absolute Gasteiger partial charge is 0.378 e. The highest BCUT2D eigenvalue weighted by atomic mass is 16.5. The van der Waals surface area contributed by atoms with Gasteiger partial charge in [-0.25, -0.2) is 0 Å². The second-order valence-corrected chi connectivity index (χ2v) is 6.99. The molecule has 1 aliphatic heterocycles. The zero-order chi connectivity index (χ0) is 13.8. The first-order valence-corrected chi connectivity index (χ1v) is 7.35. The highest BCUT2D eigenvalue weighted by Crippen LogP contribution is 2.28. The van der Waals surface area contributed by atoms with Crippen LogP contribution in [-0.2, 0) is 4.74 Å². The van der Waals surface area contributed by atoms with E-state index < -0.39 is 0 Å². The van der Waals surface area contributed by atoms with Crippen molar-refractivity contribution in [3.63, 3.8) is 0 Å². The minimum absolute atomic E-state index is 0.173. The fraction of sp³-hybridized carbons (Fsp3) is 1.00. The van der Waals surface area contributed by atoms with Gasteiger partial charge in [-0.05, 0) is 25.7 Å². The van der Waals surface area contributed by atoms with Crippen LogP contribution in [0.4, 0.5) is 0 Å². The number of hydrogen-bond acceptors (Lipinski definition) is 3. The van der Waals surface area contributed by atoms with Crippen LogP contribution >= 0.6 is 0 Å². The zero-order valence-electron chi connectivity index (χ0n) is 13.2. The van der Waals surface area contributed by atoms with E-state index in [2.05, 4.69) is 51.8 Å². The first-order valence-electron chi connectivity index (χ1n) is 7.35. The monoisotopic (exact) mass is 256 g/mol. The van der Waals surface area contributed by atoms with Gasteiger partial charge in [0.2, 0.25) is 0 Å². The van der Waals surface area contributed by atoms with Gasteiger partial charge in [-0.1, -0.05) is 27.7 Å². The lowest BCUT2D eigenvalue weighted by Crippen LogP contribution is -2.57. The number of rotatable bonds is 6. The molecule has 1 atom stereocenters. The van der Waals surface area contributed by atoms with Gasteiger partial charge in [-0.3, -0.25) is 4.90 Å². The summed E-state index contributed by atoms with van der Waals surface area (Å²) >= 11 is 0. The highest BCUT2D eigenvalue weighted by molar-refractivity contribution is 4.89. The number of nitrogens with one attached hydrogen (secondary N) is 1. The molecule has 108 valence electrons. The van der Waals surface area contributed by atoms with Crippen LogP contribution in [0.1, 0.15) is 48.0 Å². The third-order valence-corrected chi connectivity index (χ3v) is 4.18. The Balaban J connectivity index is 2.60. The van der Waals surface area contributed by atoms with Crippen LogP contribution in [-0.4, -0.2) is 49.3 Å². The Morgan fingerprint density at radius 1 is 1.39 bits per heavy atom. The normalized spacial score (nSPS) is 24.2. The van der Waals surface area contributed by atoms with E-state index in [0.29, 0.717) is 11.5 Å². The van der Waals surface area contributed by atoms with E-state index in [1.165, 1.54) is 6.42 Å². The molecule has 0 saturated carbocycles. The van der Waals surface area contributed by atoms with Crippen molar-refractivity contribution in [2.45, 2.75) is 59.5 Å². The van der Waals surface area contributed by atoms with Crippen LogP contribution in [0.25, 0.3) is 0 Å². The van der Waals surface area contributed by atoms with Crippen LogP contribution in [0.2, 0.25) is 0 Å². The molecule has 1 N–H and O–H groups in total. The Bertz CT molecular complexity index is 253. The van der Waals surface area contributed by atoms with E-state index in [0.717, 1.165) is 32.8 Å². The SMILES string of the molecule is CCC(C)(CNC(C)C)CN1CCOCC1(C)C. The number of morpholine rings is 1. The first kappa shape index (κ1) is 15.9. The fourth-order valence-electron chi connectivity index (χ4n) is 2.39. The van der Waals surface area contributed by atoms with Crippen LogP contribution in [0.5, 0.6) is 0 Å². The van der Waals surface area contributed by atoms with E-state index in [-0.39, 0.29) is 5.54 Å². The van der Waals surface area contributed by atoms with E-state index in [9.17, 15) is 0 Å². The lowest BCUT2D eigenvalue weighted by Gasteiger charge is -2.46. The van der Waals surface area contributed by atoms with E-state index in [4.69, 9.17) is 4.74 Å². The molecule has 0 aliphatic carbocycles. The molecule has 1 rings (SSSR count). The van der Waals surface area contributed by atoms with E-state index in [1.807, 2.05) is 0 Å². The Morgan fingerprint density at radius 2 is 2.06 bits per heavy atom. The molecule has 1 unspecified atom stereocenters. The van der Waals surface area contributed by atoms with Crippen molar-refractivity contribution in [3.05, 3.63) is 0 Å². The molecule has 0 bridgehead atoms. The Kier molecular flexibility index (Phi) is 5.63. The number of ether oxygens (including phenoxy) is 1. The first-order chi connectivity index (χ1) is 8.29. The van der Waals surface area contributed by atoms with E-state index in [1.54, 1.807) is 0 Å². The minimum atomic E-state index is 0.173. The van der Waals surface area contributed by atoms with Gasteiger partial charge >= 0.3 is 0 Å². The third kappa shape index (κ3) is 4.52. The molecule has 0 radical (unpaired) electrons. The quantitative estimate of drug-likeness (QED) is 0.790. The average molecular weight is 256 g/mol. The summed E-state index contributed by atoms with van der Waals surface area (Å²) in [6.45, 7) is 18.7. The van der Waals surface area contributed by atoms with Gasteiger partial charge in [0, 0.05) is 31.2 Å². The van der Waals surface area contributed by atoms with Gasteiger partial charge in [-0.2, -0.15) is 0 Å². The molecule has 3 heteroatoms. The predicted octanol–water partition coefficient (Wildman–Crippen LogP) is 2.51. The summed E-state index contributed by atoms with van der Waals surface area (Å²) in [5.74, 6) is 0.